The molecule has 1 aromatic carbocycles. The monoisotopic (exact) mass is 297 g/mol. The van der Waals surface area contributed by atoms with Gasteiger partial charge in [-0.15, -0.1) is 0 Å². The molecule has 0 heterocycles. The first-order valence-corrected chi connectivity index (χ1v) is 7.08. The van der Waals surface area contributed by atoms with E-state index in [2.05, 4.69) is 0 Å². The number of hydrogen-bond acceptors (Lipinski definition) is 3. The molecule has 108 valence electrons. The molecule has 0 aliphatic rings. The molecular weight excluding hydrogens is 283 g/mol. The lowest BCUT2D eigenvalue weighted by atomic mass is 10.2. The summed E-state index contributed by atoms with van der Waals surface area (Å²) < 4.78 is 64.6. The van der Waals surface area contributed by atoms with E-state index < -0.39 is 38.5 Å². The molecule has 0 fully saturated rings. The number of rotatable bonds is 6. The van der Waals surface area contributed by atoms with E-state index in [9.17, 15) is 26.7 Å². The Morgan fingerprint density at radius 2 is 1.79 bits per heavy atom. The molecule has 4 nitrogen and oxygen atoms in total. The summed E-state index contributed by atoms with van der Waals surface area (Å²) in [4.78, 5) is -1.22. The average molecular weight is 297 g/mol. The van der Waals surface area contributed by atoms with E-state index in [1.807, 2.05) is 4.72 Å². The molecule has 0 saturated heterocycles. The molecule has 0 aliphatic heterocycles. The summed E-state index contributed by atoms with van der Waals surface area (Å²) in [6.45, 7) is 1.53. The molecule has 0 amide bonds. The van der Waals surface area contributed by atoms with E-state index >= 15 is 0 Å². The highest BCUT2D eigenvalue weighted by atomic mass is 32.2. The molecule has 2 N–H and O–H groups in total. The van der Waals surface area contributed by atoms with Crippen molar-refractivity contribution in [2.75, 3.05) is 6.54 Å². The van der Waals surface area contributed by atoms with Gasteiger partial charge < -0.3 is 5.11 Å². The third-order valence-electron chi connectivity index (χ3n) is 2.47. The van der Waals surface area contributed by atoms with Crippen LogP contribution in [0.15, 0.2) is 17.0 Å². The van der Waals surface area contributed by atoms with Gasteiger partial charge in [0.05, 0.1) is 6.10 Å². The summed E-state index contributed by atoms with van der Waals surface area (Å²) in [5, 5.41) is 9.24. The van der Waals surface area contributed by atoms with Gasteiger partial charge in [-0.1, -0.05) is 6.92 Å². The van der Waals surface area contributed by atoms with Crippen molar-refractivity contribution in [3.05, 3.63) is 29.6 Å². The number of benzene rings is 1. The number of aliphatic hydroxyl groups excluding tert-OH is 1. The zero-order valence-corrected chi connectivity index (χ0v) is 11.0. The van der Waals surface area contributed by atoms with Crippen LogP contribution in [0.1, 0.15) is 19.8 Å². The summed E-state index contributed by atoms with van der Waals surface area (Å²) in [6.07, 6.45) is -0.160. The first-order valence-electron chi connectivity index (χ1n) is 5.60. The highest BCUT2D eigenvalue weighted by Crippen LogP contribution is 2.19. The third kappa shape index (κ3) is 4.19. The van der Waals surface area contributed by atoms with Gasteiger partial charge in [0, 0.05) is 18.7 Å². The van der Waals surface area contributed by atoms with Crippen molar-refractivity contribution in [2.24, 2.45) is 0 Å². The maximum atomic E-state index is 13.3. The van der Waals surface area contributed by atoms with Crippen LogP contribution in [-0.4, -0.2) is 26.2 Å². The van der Waals surface area contributed by atoms with Gasteiger partial charge in [0.1, 0.15) is 17.5 Å². The van der Waals surface area contributed by atoms with Gasteiger partial charge in [0.2, 0.25) is 10.0 Å². The number of halogens is 3. The minimum Gasteiger partial charge on any atom is -0.393 e. The van der Waals surface area contributed by atoms with Crippen LogP contribution in [0.4, 0.5) is 13.2 Å². The Labute approximate surface area is 109 Å². The SMILES string of the molecule is CCC(O)CCNS(=O)(=O)c1c(F)cc(F)cc1F. The first-order chi connectivity index (χ1) is 8.77. The average Bonchev–Trinajstić information content (AvgIpc) is 2.26. The number of sulfonamides is 1. The molecule has 0 spiro atoms. The van der Waals surface area contributed by atoms with Crippen molar-refractivity contribution in [1.82, 2.24) is 4.72 Å². The van der Waals surface area contributed by atoms with Crippen LogP contribution in [0, 0.1) is 17.5 Å². The maximum Gasteiger partial charge on any atom is 0.246 e. The second-order valence-corrected chi connectivity index (χ2v) is 5.65. The standard InChI is InChI=1S/C11H14F3NO3S/c1-2-8(16)3-4-15-19(17,18)11-9(13)5-7(12)6-10(11)14/h5-6,8,15-16H,2-4H2,1H3. The Morgan fingerprint density at radius 1 is 1.26 bits per heavy atom. The highest BCUT2D eigenvalue weighted by molar-refractivity contribution is 7.89. The second-order valence-electron chi connectivity index (χ2n) is 3.95. The van der Waals surface area contributed by atoms with Crippen LogP contribution in [0.25, 0.3) is 0 Å². The normalized spacial score (nSPS) is 13.5. The van der Waals surface area contributed by atoms with Gasteiger partial charge in [-0.25, -0.2) is 26.3 Å². The van der Waals surface area contributed by atoms with Crippen LogP contribution in [0.2, 0.25) is 0 Å². The van der Waals surface area contributed by atoms with E-state index in [0.29, 0.717) is 18.6 Å². The molecule has 1 unspecified atom stereocenters. The lowest BCUT2D eigenvalue weighted by Crippen LogP contribution is -2.28. The molecule has 8 heteroatoms. The van der Waals surface area contributed by atoms with Crippen molar-refractivity contribution in [2.45, 2.75) is 30.8 Å². The smallest absolute Gasteiger partial charge is 0.246 e. The van der Waals surface area contributed by atoms with Crippen molar-refractivity contribution in [1.29, 1.82) is 0 Å². The predicted molar refractivity (Wildman–Crippen MR) is 62.4 cm³/mol. The number of hydrogen-bond donors (Lipinski definition) is 2. The van der Waals surface area contributed by atoms with Gasteiger partial charge in [0.15, 0.2) is 4.90 Å². The summed E-state index contributed by atoms with van der Waals surface area (Å²) in [5.41, 5.74) is 0. The molecule has 1 atom stereocenters. The topological polar surface area (TPSA) is 66.4 Å². The van der Waals surface area contributed by atoms with Crippen molar-refractivity contribution in [3.8, 4) is 0 Å². The summed E-state index contributed by atoms with van der Waals surface area (Å²) in [6, 6.07) is 0.580. The molecule has 0 radical (unpaired) electrons. The Morgan fingerprint density at radius 3 is 2.26 bits per heavy atom. The quantitative estimate of drug-likeness (QED) is 0.837. The molecular formula is C11H14F3NO3S. The molecule has 1 rings (SSSR count). The van der Waals surface area contributed by atoms with Crippen LogP contribution < -0.4 is 4.72 Å². The van der Waals surface area contributed by atoms with E-state index in [1.54, 1.807) is 6.92 Å². The van der Waals surface area contributed by atoms with Crippen LogP contribution in [0.3, 0.4) is 0 Å². The largest absolute Gasteiger partial charge is 0.393 e. The Hall–Kier alpha value is -1.12. The zero-order chi connectivity index (χ0) is 14.6. The third-order valence-corrected chi connectivity index (χ3v) is 3.98. The molecule has 0 bridgehead atoms. The predicted octanol–water partition coefficient (Wildman–Crippen LogP) is 1.54. The Kier molecular flexibility index (Phi) is 5.33. The van der Waals surface area contributed by atoms with E-state index in [1.165, 1.54) is 0 Å². The fourth-order valence-corrected chi connectivity index (χ4v) is 2.58. The zero-order valence-electron chi connectivity index (χ0n) is 10.2. The van der Waals surface area contributed by atoms with Gasteiger partial charge in [-0.3, -0.25) is 0 Å². The van der Waals surface area contributed by atoms with Crippen molar-refractivity contribution >= 4 is 10.0 Å². The fourth-order valence-electron chi connectivity index (χ4n) is 1.42. The van der Waals surface area contributed by atoms with Gasteiger partial charge in [-0.05, 0) is 12.8 Å². The van der Waals surface area contributed by atoms with Crippen molar-refractivity contribution in [3.63, 3.8) is 0 Å². The van der Waals surface area contributed by atoms with E-state index in [4.69, 9.17) is 0 Å². The lowest BCUT2D eigenvalue weighted by molar-refractivity contribution is 0.162. The van der Waals surface area contributed by atoms with Crippen LogP contribution >= 0.6 is 0 Å². The second kappa shape index (κ2) is 6.36. The van der Waals surface area contributed by atoms with Gasteiger partial charge in [-0.2, -0.15) is 0 Å². The van der Waals surface area contributed by atoms with Crippen LogP contribution in [0.5, 0.6) is 0 Å². The molecule has 0 saturated carbocycles. The molecule has 0 aromatic heterocycles. The first kappa shape index (κ1) is 15.9. The number of aliphatic hydroxyl groups is 1. The molecule has 19 heavy (non-hydrogen) atoms. The lowest BCUT2D eigenvalue weighted by Gasteiger charge is -2.10. The molecule has 0 aliphatic carbocycles. The summed E-state index contributed by atoms with van der Waals surface area (Å²) >= 11 is 0. The summed E-state index contributed by atoms with van der Waals surface area (Å²) in [7, 11) is -4.42. The van der Waals surface area contributed by atoms with E-state index in [0.717, 1.165) is 0 Å². The van der Waals surface area contributed by atoms with E-state index in [-0.39, 0.29) is 13.0 Å². The van der Waals surface area contributed by atoms with Gasteiger partial charge >= 0.3 is 0 Å². The number of nitrogens with one attached hydrogen (secondary N) is 1. The minimum atomic E-state index is -4.42. The van der Waals surface area contributed by atoms with Crippen LogP contribution in [-0.2, 0) is 10.0 Å². The Balaban J connectivity index is 2.89. The Bertz CT molecular complexity index is 525. The maximum absolute atomic E-state index is 13.3. The fraction of sp³-hybridized carbons (Fsp3) is 0.455. The van der Waals surface area contributed by atoms with Crippen molar-refractivity contribution < 1.29 is 26.7 Å². The van der Waals surface area contributed by atoms with Gasteiger partial charge in [0.25, 0.3) is 0 Å². The molecule has 1 aromatic rings. The highest BCUT2D eigenvalue weighted by Gasteiger charge is 2.24. The summed E-state index contributed by atoms with van der Waals surface area (Å²) in [5.74, 6) is -4.20. The minimum absolute atomic E-state index is 0.111.